The highest BCUT2D eigenvalue weighted by atomic mass is 32.1. The van der Waals surface area contributed by atoms with Crippen molar-refractivity contribution in [2.45, 2.75) is 51.6 Å². The zero-order valence-electron chi connectivity index (χ0n) is 12.0. The molecule has 5 heteroatoms. The Bertz CT molecular complexity index is 473. The quantitative estimate of drug-likeness (QED) is 0.898. The summed E-state index contributed by atoms with van der Waals surface area (Å²) in [6, 6.07) is 0.330. The minimum atomic E-state index is 0.165. The normalized spacial score (nSPS) is 32.9. The molecule has 2 fully saturated rings. The van der Waals surface area contributed by atoms with E-state index in [1.54, 1.807) is 11.3 Å². The van der Waals surface area contributed by atoms with Gasteiger partial charge in [-0.2, -0.15) is 0 Å². The summed E-state index contributed by atoms with van der Waals surface area (Å²) < 4.78 is 0. The van der Waals surface area contributed by atoms with Gasteiger partial charge < -0.3 is 11.1 Å². The van der Waals surface area contributed by atoms with Gasteiger partial charge in [0.1, 0.15) is 0 Å². The number of carbonyl (C=O) groups is 1. The molecule has 2 aliphatic carbocycles. The van der Waals surface area contributed by atoms with Gasteiger partial charge in [-0.25, -0.2) is 4.98 Å². The maximum absolute atomic E-state index is 12.4. The fourth-order valence-electron chi connectivity index (χ4n) is 3.81. The lowest BCUT2D eigenvalue weighted by atomic mass is 9.65. The molecule has 4 nitrogen and oxygen atoms in total. The molecule has 0 saturated heterocycles. The number of nitrogens with two attached hydrogens (primary N) is 1. The van der Waals surface area contributed by atoms with Crippen molar-refractivity contribution in [1.82, 2.24) is 10.3 Å². The molecule has 1 heterocycles. The van der Waals surface area contributed by atoms with Crippen molar-refractivity contribution >= 4 is 17.2 Å². The van der Waals surface area contributed by atoms with Crippen LogP contribution in [0.15, 0.2) is 5.51 Å². The van der Waals surface area contributed by atoms with E-state index in [2.05, 4.69) is 10.3 Å². The molecule has 2 saturated carbocycles. The number of fused-ring (bicyclic) bond motifs is 2. The van der Waals surface area contributed by atoms with Crippen molar-refractivity contribution in [2.75, 3.05) is 0 Å². The maximum Gasteiger partial charge on any atom is 0.223 e. The van der Waals surface area contributed by atoms with Crippen molar-refractivity contribution in [1.29, 1.82) is 0 Å². The van der Waals surface area contributed by atoms with E-state index >= 15 is 0 Å². The summed E-state index contributed by atoms with van der Waals surface area (Å²) in [5.41, 5.74) is 9.14. The highest BCUT2D eigenvalue weighted by molar-refractivity contribution is 7.09. The van der Waals surface area contributed by atoms with Crippen molar-refractivity contribution < 1.29 is 4.79 Å². The molecule has 0 aliphatic heterocycles. The average Bonchev–Trinajstić information content (AvgIpc) is 2.81. The second-order valence-corrected chi connectivity index (χ2v) is 7.21. The monoisotopic (exact) mass is 293 g/mol. The number of hydrogen-bond donors (Lipinski definition) is 2. The molecular formula is C15H23N3OS. The third kappa shape index (κ3) is 2.74. The molecule has 3 rings (SSSR count). The summed E-state index contributed by atoms with van der Waals surface area (Å²) >= 11 is 1.61. The molecule has 1 aromatic rings. The van der Waals surface area contributed by atoms with E-state index in [0.29, 0.717) is 24.4 Å². The van der Waals surface area contributed by atoms with Crippen LogP contribution in [0.1, 0.15) is 42.7 Å². The van der Waals surface area contributed by atoms with E-state index in [1.807, 2.05) is 12.4 Å². The van der Waals surface area contributed by atoms with Crippen LogP contribution < -0.4 is 11.1 Å². The Balaban J connectivity index is 1.57. The Labute approximate surface area is 124 Å². The first-order chi connectivity index (χ1) is 9.65. The Hall–Kier alpha value is -0.940. The molecule has 0 radical (unpaired) electrons. The summed E-state index contributed by atoms with van der Waals surface area (Å²) in [5.74, 6) is 1.49. The van der Waals surface area contributed by atoms with Crippen molar-refractivity contribution in [3.63, 3.8) is 0 Å². The van der Waals surface area contributed by atoms with Crippen molar-refractivity contribution in [3.8, 4) is 0 Å². The molecule has 2 unspecified atom stereocenters. The summed E-state index contributed by atoms with van der Waals surface area (Å²) in [6.45, 7) is 2.61. The standard InChI is InChI=1S/C15H23N3OS/c1-9-13(20-8-18-9)7-17-15(19)12-5-10-3-2-4-11(6-12)14(10)16/h8,10-12,14H,2-7,16H2,1H3,(H,17,19). The van der Waals surface area contributed by atoms with Crippen LogP contribution in [-0.2, 0) is 11.3 Å². The van der Waals surface area contributed by atoms with E-state index in [0.717, 1.165) is 23.4 Å². The fourth-order valence-corrected chi connectivity index (χ4v) is 4.53. The van der Waals surface area contributed by atoms with Crippen molar-refractivity contribution in [3.05, 3.63) is 16.1 Å². The van der Waals surface area contributed by atoms with Gasteiger partial charge in [-0.05, 0) is 44.4 Å². The Morgan fingerprint density at radius 2 is 2.15 bits per heavy atom. The van der Waals surface area contributed by atoms with Crippen LogP contribution in [0.3, 0.4) is 0 Å². The third-order valence-electron chi connectivity index (χ3n) is 5.05. The van der Waals surface area contributed by atoms with Crippen LogP contribution in [0, 0.1) is 24.7 Å². The molecule has 3 N–H and O–H groups in total. The largest absolute Gasteiger partial charge is 0.351 e. The molecule has 2 aliphatic rings. The van der Waals surface area contributed by atoms with E-state index in [4.69, 9.17) is 5.73 Å². The first-order valence-corrected chi connectivity index (χ1v) is 8.45. The van der Waals surface area contributed by atoms with E-state index < -0.39 is 0 Å². The van der Waals surface area contributed by atoms with Crippen LogP contribution in [-0.4, -0.2) is 16.9 Å². The minimum absolute atomic E-state index is 0.165. The maximum atomic E-state index is 12.4. The van der Waals surface area contributed by atoms with Crippen LogP contribution in [0.25, 0.3) is 0 Å². The number of amides is 1. The molecule has 20 heavy (non-hydrogen) atoms. The fraction of sp³-hybridized carbons (Fsp3) is 0.733. The second kappa shape index (κ2) is 5.82. The van der Waals surface area contributed by atoms with Crippen LogP contribution in [0.4, 0.5) is 0 Å². The summed E-state index contributed by atoms with van der Waals surface area (Å²) in [7, 11) is 0. The molecule has 2 bridgehead atoms. The Morgan fingerprint density at radius 1 is 1.45 bits per heavy atom. The minimum Gasteiger partial charge on any atom is -0.351 e. The van der Waals surface area contributed by atoms with Gasteiger partial charge >= 0.3 is 0 Å². The van der Waals surface area contributed by atoms with Crippen LogP contribution >= 0.6 is 11.3 Å². The number of thiazole rings is 1. The topological polar surface area (TPSA) is 68.0 Å². The number of carbonyl (C=O) groups excluding carboxylic acids is 1. The lowest BCUT2D eigenvalue weighted by molar-refractivity contribution is -0.128. The number of rotatable bonds is 3. The number of aryl methyl sites for hydroxylation is 1. The first kappa shape index (κ1) is 14.0. The second-order valence-electron chi connectivity index (χ2n) is 6.28. The summed E-state index contributed by atoms with van der Waals surface area (Å²) in [6.07, 6.45) is 5.65. The highest BCUT2D eigenvalue weighted by Gasteiger charge is 2.40. The summed E-state index contributed by atoms with van der Waals surface area (Å²) in [5, 5.41) is 3.09. The van der Waals surface area contributed by atoms with Crippen LogP contribution in [0.2, 0.25) is 0 Å². The van der Waals surface area contributed by atoms with Crippen LogP contribution in [0.5, 0.6) is 0 Å². The molecule has 1 aromatic heterocycles. The number of aromatic nitrogens is 1. The van der Waals surface area contributed by atoms with Gasteiger partial charge in [0.05, 0.1) is 17.7 Å². The predicted octanol–water partition coefficient (Wildman–Crippen LogP) is 2.22. The average molecular weight is 293 g/mol. The molecule has 0 spiro atoms. The van der Waals surface area contributed by atoms with E-state index in [9.17, 15) is 4.79 Å². The molecule has 0 aromatic carbocycles. The number of nitrogens with zero attached hydrogens (tertiary/aromatic N) is 1. The number of hydrogen-bond acceptors (Lipinski definition) is 4. The molecule has 110 valence electrons. The summed E-state index contributed by atoms with van der Waals surface area (Å²) in [4.78, 5) is 17.7. The number of nitrogens with one attached hydrogen (secondary N) is 1. The van der Waals surface area contributed by atoms with Crippen molar-refractivity contribution in [2.24, 2.45) is 23.5 Å². The Kier molecular flexibility index (Phi) is 4.08. The molecule has 2 atom stereocenters. The zero-order valence-corrected chi connectivity index (χ0v) is 12.8. The predicted molar refractivity (Wildman–Crippen MR) is 80.2 cm³/mol. The van der Waals surface area contributed by atoms with Gasteiger partial charge in [-0.3, -0.25) is 4.79 Å². The van der Waals surface area contributed by atoms with Gasteiger partial charge in [-0.1, -0.05) is 6.42 Å². The zero-order chi connectivity index (χ0) is 14.1. The Morgan fingerprint density at radius 3 is 2.75 bits per heavy atom. The van der Waals surface area contributed by atoms with E-state index in [1.165, 1.54) is 19.3 Å². The van der Waals surface area contributed by atoms with Gasteiger partial charge in [0, 0.05) is 16.8 Å². The van der Waals surface area contributed by atoms with Gasteiger partial charge in [0.2, 0.25) is 5.91 Å². The third-order valence-corrected chi connectivity index (χ3v) is 5.99. The van der Waals surface area contributed by atoms with E-state index in [-0.39, 0.29) is 11.8 Å². The SMILES string of the molecule is Cc1ncsc1CNC(=O)C1CC2CCCC(C1)C2N. The van der Waals surface area contributed by atoms with Gasteiger partial charge in [0.15, 0.2) is 0 Å². The lowest BCUT2D eigenvalue weighted by Crippen LogP contribution is -2.49. The molecular weight excluding hydrogens is 270 g/mol. The first-order valence-electron chi connectivity index (χ1n) is 7.57. The lowest BCUT2D eigenvalue weighted by Gasteiger charge is -2.43. The van der Waals surface area contributed by atoms with Gasteiger partial charge in [-0.15, -0.1) is 11.3 Å². The molecule has 1 amide bonds. The van der Waals surface area contributed by atoms with Gasteiger partial charge in [0.25, 0.3) is 0 Å². The smallest absolute Gasteiger partial charge is 0.223 e. The highest BCUT2D eigenvalue weighted by Crippen LogP contribution is 2.41.